The van der Waals surface area contributed by atoms with Gasteiger partial charge >= 0.3 is 5.97 Å². The molecule has 0 fully saturated rings. The average Bonchev–Trinajstić information content (AvgIpc) is 2.47. The van der Waals surface area contributed by atoms with Crippen molar-refractivity contribution < 1.29 is 31.5 Å². The summed E-state index contributed by atoms with van der Waals surface area (Å²) in [5, 5.41) is 0. The first-order valence-corrected chi connectivity index (χ1v) is 6.01. The van der Waals surface area contributed by atoms with Crippen LogP contribution in [-0.2, 0) is 36.3 Å². The van der Waals surface area contributed by atoms with Crippen LogP contribution in [-0.4, -0.2) is 5.97 Å². The van der Waals surface area contributed by atoms with E-state index in [-0.39, 0.29) is 22.4 Å². The largest absolute Gasteiger partial charge is 0.354 e. The molecule has 5 heteroatoms. The molecule has 0 aliphatic rings. The smallest absolute Gasteiger partial charge is 0.345 e. The summed E-state index contributed by atoms with van der Waals surface area (Å²) in [5.41, 5.74) is 1.23. The summed E-state index contributed by atoms with van der Waals surface area (Å²) in [7, 11) is 0. The second-order valence-corrected chi connectivity index (χ2v) is 4.48. The molecule has 0 aliphatic carbocycles. The number of benzene rings is 2. The van der Waals surface area contributed by atoms with Gasteiger partial charge in [-0.15, -0.1) is 0 Å². The molecule has 2 nitrogen and oxygen atoms in total. The molecule has 0 aromatic heterocycles. The Morgan fingerprint density at radius 3 is 1.58 bits per heavy atom. The summed E-state index contributed by atoms with van der Waals surface area (Å²) < 4.78 is 4.33. The maximum atomic E-state index is 11.9. The van der Waals surface area contributed by atoms with Gasteiger partial charge in [-0.2, -0.15) is 0 Å². The van der Waals surface area contributed by atoms with Crippen molar-refractivity contribution in [2.24, 2.45) is 0 Å². The number of halogens is 2. The number of alkyl halides is 1. The summed E-state index contributed by atoms with van der Waals surface area (Å²) in [5.74, 6) is -0.719. The first-order valence-electron chi connectivity index (χ1n) is 5.32. The Bertz CT molecular complexity index is 492. The first kappa shape index (κ1) is 16.3. The SMILES string of the molecule is O=C(OCl)C(Cl)(c1ccccc1)c1ccccc1.[Ag]. The van der Waals surface area contributed by atoms with E-state index in [2.05, 4.69) is 4.29 Å². The molecule has 0 N–H and O–H groups in total. The molecule has 2 aromatic carbocycles. The molecule has 1 radical (unpaired) electrons. The van der Waals surface area contributed by atoms with Crippen LogP contribution >= 0.6 is 23.5 Å². The average molecular weight is 389 g/mol. The van der Waals surface area contributed by atoms with Gasteiger partial charge in [0.2, 0.25) is 0 Å². The minimum Gasteiger partial charge on any atom is -0.345 e. The Morgan fingerprint density at radius 2 is 1.26 bits per heavy atom. The zero-order valence-electron chi connectivity index (χ0n) is 9.65. The van der Waals surface area contributed by atoms with Crippen molar-refractivity contribution in [2.45, 2.75) is 4.87 Å². The van der Waals surface area contributed by atoms with Crippen LogP contribution in [0.1, 0.15) is 11.1 Å². The van der Waals surface area contributed by atoms with Crippen molar-refractivity contribution in [3.63, 3.8) is 0 Å². The van der Waals surface area contributed by atoms with Gasteiger partial charge < -0.3 is 4.29 Å². The van der Waals surface area contributed by atoms with Gasteiger partial charge in [0.1, 0.15) is 11.9 Å². The second kappa shape index (κ2) is 7.13. The Hall–Kier alpha value is -0.770. The molecule has 0 aliphatic heterocycles. The zero-order valence-corrected chi connectivity index (χ0v) is 12.6. The topological polar surface area (TPSA) is 26.3 Å². The van der Waals surface area contributed by atoms with Crippen molar-refractivity contribution in [1.82, 2.24) is 0 Å². The van der Waals surface area contributed by atoms with Gasteiger partial charge in [-0.1, -0.05) is 72.3 Å². The Kier molecular flexibility index (Phi) is 6.11. The molecule has 0 heterocycles. The number of carbonyl (C=O) groups excluding carboxylic acids is 1. The van der Waals surface area contributed by atoms with Gasteiger partial charge in [-0.05, 0) is 11.1 Å². The Balaban J connectivity index is 0.00000180. The van der Waals surface area contributed by atoms with Gasteiger partial charge in [0, 0.05) is 22.4 Å². The van der Waals surface area contributed by atoms with Gasteiger partial charge in [-0.25, -0.2) is 4.79 Å². The molecule has 0 amide bonds. The molecule has 0 bridgehead atoms. The Morgan fingerprint density at radius 1 is 0.895 bits per heavy atom. The number of hydrogen-bond acceptors (Lipinski definition) is 2. The maximum absolute atomic E-state index is 11.9. The summed E-state index contributed by atoms with van der Waals surface area (Å²) in [6.45, 7) is 0. The number of hydrogen-bond donors (Lipinski definition) is 0. The quantitative estimate of drug-likeness (QED) is 0.589. The molecule has 2 aromatic rings. The fourth-order valence-electron chi connectivity index (χ4n) is 1.79. The van der Waals surface area contributed by atoms with Gasteiger partial charge in [0.15, 0.2) is 4.87 Å². The van der Waals surface area contributed by atoms with E-state index in [0.29, 0.717) is 11.1 Å². The van der Waals surface area contributed by atoms with E-state index in [1.807, 2.05) is 12.1 Å². The summed E-state index contributed by atoms with van der Waals surface area (Å²) >= 11 is 11.7. The summed E-state index contributed by atoms with van der Waals surface area (Å²) in [6.07, 6.45) is 0. The van der Waals surface area contributed by atoms with Crippen molar-refractivity contribution in [3.8, 4) is 0 Å². The monoisotopic (exact) mass is 387 g/mol. The van der Waals surface area contributed by atoms with Crippen molar-refractivity contribution >= 4 is 29.4 Å². The van der Waals surface area contributed by atoms with Crippen LogP contribution in [0, 0.1) is 0 Å². The number of rotatable bonds is 3. The van der Waals surface area contributed by atoms with Crippen molar-refractivity contribution in [2.75, 3.05) is 0 Å². The molecule has 0 saturated carbocycles. The molecule has 0 atom stereocenters. The van der Waals surface area contributed by atoms with Crippen LogP contribution < -0.4 is 0 Å². The zero-order chi connectivity index (χ0) is 13.0. The third-order valence-corrected chi connectivity index (χ3v) is 3.43. The number of carbonyl (C=O) groups is 1. The molecule has 2 rings (SSSR count). The standard InChI is InChI=1S/C14H10Cl2O2.Ag/c15-14(13(17)18-16,11-7-3-1-4-8-11)12-9-5-2-6-10-12;/h1-10H;. The fourth-order valence-corrected chi connectivity index (χ4v) is 2.24. The van der Waals surface area contributed by atoms with Crippen LogP contribution in [0.5, 0.6) is 0 Å². The maximum Gasteiger partial charge on any atom is 0.354 e. The van der Waals surface area contributed by atoms with Crippen LogP contribution in [0.3, 0.4) is 0 Å². The van der Waals surface area contributed by atoms with Crippen LogP contribution in [0.15, 0.2) is 60.7 Å². The third-order valence-electron chi connectivity index (χ3n) is 2.69. The van der Waals surface area contributed by atoms with Crippen molar-refractivity contribution in [1.29, 1.82) is 0 Å². The van der Waals surface area contributed by atoms with E-state index < -0.39 is 10.8 Å². The molecular weight excluding hydrogens is 379 g/mol. The van der Waals surface area contributed by atoms with E-state index in [0.717, 1.165) is 0 Å². The predicted octanol–water partition coefficient (Wildman–Crippen LogP) is 3.86. The van der Waals surface area contributed by atoms with Gasteiger partial charge in [0.25, 0.3) is 0 Å². The van der Waals surface area contributed by atoms with Crippen LogP contribution in [0.4, 0.5) is 0 Å². The fraction of sp³-hybridized carbons (Fsp3) is 0.0714. The molecule has 0 saturated heterocycles. The third kappa shape index (κ3) is 3.22. The van der Waals surface area contributed by atoms with E-state index in [4.69, 9.17) is 23.5 Å². The molecule has 0 unspecified atom stereocenters. The first-order chi connectivity index (χ1) is 8.69. The van der Waals surface area contributed by atoms with E-state index in [9.17, 15) is 4.79 Å². The normalized spacial score (nSPS) is 10.4. The van der Waals surface area contributed by atoms with E-state index >= 15 is 0 Å². The van der Waals surface area contributed by atoms with Crippen LogP contribution in [0.25, 0.3) is 0 Å². The van der Waals surface area contributed by atoms with E-state index in [1.165, 1.54) is 0 Å². The summed E-state index contributed by atoms with van der Waals surface area (Å²) in [6, 6.07) is 17.9. The van der Waals surface area contributed by atoms with Gasteiger partial charge in [-0.3, -0.25) is 0 Å². The van der Waals surface area contributed by atoms with Crippen LogP contribution in [0.2, 0.25) is 0 Å². The molecule has 103 valence electrons. The second-order valence-electron chi connectivity index (χ2n) is 3.76. The minimum absolute atomic E-state index is 0. The Labute approximate surface area is 137 Å². The van der Waals surface area contributed by atoms with E-state index in [1.54, 1.807) is 48.5 Å². The molecular formula is C14H10AgCl2O2. The minimum atomic E-state index is -1.43. The van der Waals surface area contributed by atoms with Crippen molar-refractivity contribution in [3.05, 3.63) is 71.8 Å². The molecule has 0 spiro atoms. The van der Waals surface area contributed by atoms with Gasteiger partial charge in [0.05, 0.1) is 0 Å². The summed E-state index contributed by atoms with van der Waals surface area (Å²) in [4.78, 5) is 10.5. The molecule has 19 heavy (non-hydrogen) atoms. The predicted molar refractivity (Wildman–Crippen MR) is 71.5 cm³/mol.